The topological polar surface area (TPSA) is 27.0 Å². The Bertz CT molecular complexity index is 414. The second-order valence-corrected chi connectivity index (χ2v) is 5.78. The Morgan fingerprint density at radius 2 is 1.94 bits per heavy atom. The average molecular weight is 326 g/mol. The molecule has 1 fully saturated rings. The van der Waals surface area contributed by atoms with Crippen LogP contribution in [0.25, 0.3) is 0 Å². The third-order valence-corrected chi connectivity index (χ3v) is 4.40. The van der Waals surface area contributed by atoms with Gasteiger partial charge in [0.2, 0.25) is 0 Å². The molecule has 3 heteroatoms. The van der Waals surface area contributed by atoms with E-state index in [9.17, 15) is 5.26 Å². The largest absolute Gasteiger partial charge is 0.247 e. The van der Waals surface area contributed by atoms with Crippen molar-refractivity contribution in [1.29, 1.82) is 5.26 Å². The zero-order valence-electron chi connectivity index (χ0n) is 9.41. The number of nitriles is 1. The highest BCUT2D eigenvalue weighted by atomic mass is 127. The number of rotatable bonds is 1. The molecule has 1 aliphatic heterocycles. The van der Waals surface area contributed by atoms with E-state index in [1.165, 1.54) is 11.1 Å². The zero-order chi connectivity index (χ0) is 11.6. The molecule has 2 rings (SSSR count). The van der Waals surface area contributed by atoms with E-state index in [0.717, 1.165) is 25.9 Å². The van der Waals surface area contributed by atoms with Crippen molar-refractivity contribution in [2.75, 3.05) is 13.1 Å². The minimum absolute atomic E-state index is 0.257. The van der Waals surface area contributed by atoms with E-state index in [1.54, 1.807) is 0 Å². The maximum absolute atomic E-state index is 9.53. The number of nitrogens with zero attached hydrogens (tertiary/aromatic N) is 2. The summed E-state index contributed by atoms with van der Waals surface area (Å²) in [7, 11) is 0. The molecule has 1 saturated heterocycles. The van der Waals surface area contributed by atoms with Crippen molar-refractivity contribution in [3.05, 3.63) is 35.4 Å². The van der Waals surface area contributed by atoms with Crippen LogP contribution in [0, 0.1) is 18.3 Å². The Morgan fingerprint density at radius 1 is 1.31 bits per heavy atom. The zero-order valence-corrected chi connectivity index (χ0v) is 11.6. The van der Waals surface area contributed by atoms with E-state index in [1.807, 2.05) is 12.1 Å². The molecule has 0 radical (unpaired) electrons. The van der Waals surface area contributed by atoms with E-state index in [2.05, 4.69) is 51.1 Å². The van der Waals surface area contributed by atoms with E-state index < -0.39 is 0 Å². The molecule has 0 unspecified atom stereocenters. The van der Waals surface area contributed by atoms with Crippen LogP contribution in [0.1, 0.15) is 24.0 Å². The van der Waals surface area contributed by atoms with E-state index >= 15 is 0 Å². The number of benzene rings is 1. The highest BCUT2D eigenvalue weighted by molar-refractivity contribution is 14.1. The van der Waals surface area contributed by atoms with Crippen molar-refractivity contribution in [2.24, 2.45) is 0 Å². The van der Waals surface area contributed by atoms with Crippen LogP contribution in [-0.2, 0) is 5.41 Å². The summed E-state index contributed by atoms with van der Waals surface area (Å²) < 4.78 is 2.27. The number of hydrogen-bond donors (Lipinski definition) is 0. The van der Waals surface area contributed by atoms with Gasteiger partial charge in [0, 0.05) is 36.0 Å². The van der Waals surface area contributed by atoms with Gasteiger partial charge < -0.3 is 0 Å². The molecule has 0 atom stereocenters. The highest BCUT2D eigenvalue weighted by Crippen LogP contribution is 2.37. The number of halogens is 1. The van der Waals surface area contributed by atoms with Gasteiger partial charge in [-0.05, 0) is 30.9 Å². The second kappa shape index (κ2) is 4.72. The SMILES string of the molecule is Cc1ccccc1C1(C#N)CCN(I)CC1. The average Bonchev–Trinajstić information content (AvgIpc) is 2.32. The fourth-order valence-corrected chi connectivity index (χ4v) is 2.89. The quantitative estimate of drug-likeness (QED) is 0.585. The molecule has 1 heterocycles. The Kier molecular flexibility index (Phi) is 3.50. The summed E-state index contributed by atoms with van der Waals surface area (Å²) in [6.07, 6.45) is 1.88. The maximum Gasteiger partial charge on any atom is 0.0849 e. The van der Waals surface area contributed by atoms with Gasteiger partial charge >= 0.3 is 0 Å². The van der Waals surface area contributed by atoms with Crippen LogP contribution >= 0.6 is 22.9 Å². The molecule has 1 aromatic carbocycles. The van der Waals surface area contributed by atoms with Gasteiger partial charge in [-0.25, -0.2) is 3.11 Å². The van der Waals surface area contributed by atoms with Gasteiger partial charge in [0.15, 0.2) is 0 Å². The Balaban J connectivity index is 2.37. The predicted molar refractivity (Wildman–Crippen MR) is 73.3 cm³/mol. The van der Waals surface area contributed by atoms with Crippen molar-refractivity contribution < 1.29 is 0 Å². The molecular formula is C13H15IN2. The molecule has 0 bridgehead atoms. The third kappa shape index (κ3) is 2.09. The molecule has 84 valence electrons. The van der Waals surface area contributed by atoms with Crippen LogP contribution < -0.4 is 0 Å². The molecule has 1 aromatic rings. The minimum Gasteiger partial charge on any atom is -0.247 e. The van der Waals surface area contributed by atoms with Crippen LogP contribution in [0.2, 0.25) is 0 Å². The molecular weight excluding hydrogens is 311 g/mol. The minimum atomic E-state index is -0.257. The first kappa shape index (κ1) is 11.9. The molecule has 16 heavy (non-hydrogen) atoms. The highest BCUT2D eigenvalue weighted by Gasteiger charge is 2.36. The van der Waals surface area contributed by atoms with Crippen LogP contribution in [0.15, 0.2) is 24.3 Å². The Hall–Kier alpha value is -0.600. The maximum atomic E-state index is 9.53. The van der Waals surface area contributed by atoms with E-state index in [-0.39, 0.29) is 5.41 Å². The van der Waals surface area contributed by atoms with Crippen LogP contribution in [0.3, 0.4) is 0 Å². The molecule has 0 saturated carbocycles. The van der Waals surface area contributed by atoms with Crippen molar-refractivity contribution in [2.45, 2.75) is 25.2 Å². The predicted octanol–water partition coefficient (Wildman–Crippen LogP) is 3.20. The van der Waals surface area contributed by atoms with Crippen molar-refractivity contribution >= 4 is 22.9 Å². The van der Waals surface area contributed by atoms with Gasteiger partial charge in [0.1, 0.15) is 0 Å². The lowest BCUT2D eigenvalue weighted by molar-refractivity contribution is 0.312. The van der Waals surface area contributed by atoms with Gasteiger partial charge in [-0.2, -0.15) is 5.26 Å². The summed E-state index contributed by atoms with van der Waals surface area (Å²) in [6, 6.07) is 10.9. The van der Waals surface area contributed by atoms with Gasteiger partial charge in [-0.15, -0.1) is 0 Å². The fraction of sp³-hybridized carbons (Fsp3) is 0.462. The standard InChI is InChI=1S/C13H15IN2/c1-11-4-2-3-5-12(11)13(10-15)6-8-16(14)9-7-13/h2-5H,6-9H2,1H3. The monoisotopic (exact) mass is 326 g/mol. The number of piperidine rings is 1. The summed E-state index contributed by atoms with van der Waals surface area (Å²) in [6.45, 7) is 4.11. The van der Waals surface area contributed by atoms with Gasteiger partial charge in [-0.3, -0.25) is 0 Å². The van der Waals surface area contributed by atoms with E-state index in [4.69, 9.17) is 0 Å². The summed E-state index contributed by atoms with van der Waals surface area (Å²) in [5.74, 6) is 0. The molecule has 0 N–H and O–H groups in total. The van der Waals surface area contributed by atoms with Crippen molar-refractivity contribution in [3.8, 4) is 6.07 Å². The smallest absolute Gasteiger partial charge is 0.0849 e. The summed E-state index contributed by atoms with van der Waals surface area (Å²) in [4.78, 5) is 0. The van der Waals surface area contributed by atoms with Crippen molar-refractivity contribution in [3.63, 3.8) is 0 Å². The molecule has 2 nitrogen and oxygen atoms in total. The fourth-order valence-electron chi connectivity index (χ4n) is 2.41. The Labute approximate surface area is 111 Å². The Morgan fingerprint density at radius 3 is 2.50 bits per heavy atom. The lowest BCUT2D eigenvalue weighted by atomic mass is 9.73. The van der Waals surface area contributed by atoms with Crippen LogP contribution in [-0.4, -0.2) is 16.2 Å². The molecule has 0 amide bonds. The lowest BCUT2D eigenvalue weighted by Crippen LogP contribution is -2.38. The molecule has 0 aromatic heterocycles. The molecule has 0 aliphatic carbocycles. The summed E-state index contributed by atoms with van der Waals surface area (Å²) in [5.41, 5.74) is 2.21. The van der Waals surface area contributed by atoms with Crippen molar-refractivity contribution in [1.82, 2.24) is 3.11 Å². The van der Waals surface area contributed by atoms with Gasteiger partial charge in [-0.1, -0.05) is 24.3 Å². The normalized spacial score (nSPS) is 20.3. The van der Waals surface area contributed by atoms with Crippen LogP contribution in [0.4, 0.5) is 0 Å². The summed E-state index contributed by atoms with van der Waals surface area (Å²) >= 11 is 2.34. The first-order chi connectivity index (χ1) is 7.68. The van der Waals surface area contributed by atoms with Gasteiger partial charge in [0.25, 0.3) is 0 Å². The number of aryl methyl sites for hydroxylation is 1. The summed E-state index contributed by atoms with van der Waals surface area (Å²) in [5, 5.41) is 9.53. The van der Waals surface area contributed by atoms with Crippen LogP contribution in [0.5, 0.6) is 0 Å². The first-order valence-electron chi connectivity index (χ1n) is 5.56. The van der Waals surface area contributed by atoms with E-state index in [0.29, 0.717) is 0 Å². The first-order valence-corrected chi connectivity index (χ1v) is 6.52. The molecule has 0 spiro atoms. The molecule has 1 aliphatic rings. The lowest BCUT2D eigenvalue weighted by Gasteiger charge is -2.35. The second-order valence-electron chi connectivity index (χ2n) is 4.42. The number of hydrogen-bond acceptors (Lipinski definition) is 2. The van der Waals surface area contributed by atoms with Gasteiger partial charge in [0.05, 0.1) is 11.5 Å². The third-order valence-electron chi connectivity index (χ3n) is 3.44.